The van der Waals surface area contributed by atoms with Gasteiger partial charge in [0.05, 0.1) is 12.0 Å². The molecule has 5 nitrogen and oxygen atoms in total. The predicted molar refractivity (Wildman–Crippen MR) is 93.4 cm³/mol. The van der Waals surface area contributed by atoms with E-state index >= 15 is 0 Å². The number of rotatable bonds is 6. The molecule has 0 bridgehead atoms. The average Bonchev–Trinajstić information content (AvgIpc) is 3.02. The first-order valence-electron chi connectivity index (χ1n) is 7.99. The standard InChI is InChI=1S/C18H22N2O3S/c1-23-17-7-9-18(10-8-17)24(21,22)19-16-11-12-20(14-16)13-15-5-3-2-4-6-15/h2-10,16,19H,11-14H2,1H3/t16-/m0/s1. The van der Waals surface area contributed by atoms with Crippen molar-refractivity contribution >= 4 is 10.0 Å². The molecule has 0 radical (unpaired) electrons. The molecule has 1 aliphatic rings. The Morgan fingerprint density at radius 3 is 2.50 bits per heavy atom. The monoisotopic (exact) mass is 346 g/mol. The van der Waals surface area contributed by atoms with Gasteiger partial charge in [0.1, 0.15) is 5.75 Å². The van der Waals surface area contributed by atoms with Crippen molar-refractivity contribution in [2.24, 2.45) is 0 Å². The van der Waals surface area contributed by atoms with E-state index in [1.807, 2.05) is 18.2 Å². The minimum absolute atomic E-state index is 0.0548. The van der Waals surface area contributed by atoms with Crippen molar-refractivity contribution in [2.75, 3.05) is 20.2 Å². The highest BCUT2D eigenvalue weighted by atomic mass is 32.2. The molecule has 2 aromatic rings. The highest BCUT2D eigenvalue weighted by Gasteiger charge is 2.27. The zero-order valence-electron chi connectivity index (χ0n) is 13.7. The van der Waals surface area contributed by atoms with Gasteiger partial charge in [0.15, 0.2) is 0 Å². The number of nitrogens with zero attached hydrogens (tertiary/aromatic N) is 1. The summed E-state index contributed by atoms with van der Waals surface area (Å²) in [5.74, 6) is 0.642. The summed E-state index contributed by atoms with van der Waals surface area (Å²) in [6.45, 7) is 2.47. The van der Waals surface area contributed by atoms with Gasteiger partial charge < -0.3 is 4.74 Å². The van der Waals surface area contributed by atoms with Crippen LogP contribution in [-0.4, -0.2) is 39.6 Å². The summed E-state index contributed by atoms with van der Waals surface area (Å²) in [6.07, 6.45) is 0.822. The summed E-state index contributed by atoms with van der Waals surface area (Å²) < 4.78 is 32.8. The number of nitrogens with one attached hydrogen (secondary N) is 1. The normalized spacial score (nSPS) is 18.6. The Morgan fingerprint density at radius 1 is 1.12 bits per heavy atom. The van der Waals surface area contributed by atoms with Crippen LogP contribution in [0.5, 0.6) is 5.75 Å². The van der Waals surface area contributed by atoms with E-state index < -0.39 is 10.0 Å². The third-order valence-corrected chi connectivity index (χ3v) is 5.75. The molecular weight excluding hydrogens is 324 g/mol. The molecule has 1 saturated heterocycles. The van der Waals surface area contributed by atoms with Crippen molar-refractivity contribution in [3.63, 3.8) is 0 Å². The van der Waals surface area contributed by atoms with Gasteiger partial charge >= 0.3 is 0 Å². The van der Waals surface area contributed by atoms with Gasteiger partial charge in [0.2, 0.25) is 10.0 Å². The van der Waals surface area contributed by atoms with Crippen LogP contribution in [0.3, 0.4) is 0 Å². The van der Waals surface area contributed by atoms with E-state index in [1.165, 1.54) is 5.56 Å². The summed E-state index contributed by atoms with van der Waals surface area (Å²) in [6, 6.07) is 16.6. The van der Waals surface area contributed by atoms with Gasteiger partial charge in [-0.15, -0.1) is 0 Å². The largest absolute Gasteiger partial charge is 0.497 e. The lowest BCUT2D eigenvalue weighted by Crippen LogP contribution is -2.36. The van der Waals surface area contributed by atoms with Gasteiger partial charge in [-0.2, -0.15) is 0 Å². The van der Waals surface area contributed by atoms with E-state index in [0.717, 1.165) is 26.1 Å². The van der Waals surface area contributed by atoms with Crippen molar-refractivity contribution in [1.29, 1.82) is 0 Å². The Balaban J connectivity index is 1.59. The molecule has 0 spiro atoms. The first-order chi connectivity index (χ1) is 11.6. The maximum absolute atomic E-state index is 12.5. The second kappa shape index (κ2) is 7.34. The number of likely N-dealkylation sites (tertiary alicyclic amines) is 1. The van der Waals surface area contributed by atoms with E-state index in [2.05, 4.69) is 21.8 Å². The highest BCUT2D eigenvalue weighted by Crippen LogP contribution is 2.18. The van der Waals surface area contributed by atoms with Crippen LogP contribution in [-0.2, 0) is 16.6 Å². The SMILES string of the molecule is COc1ccc(S(=O)(=O)N[C@H]2CCN(Cc3ccccc3)C2)cc1. The molecule has 1 atom stereocenters. The number of hydrogen-bond acceptors (Lipinski definition) is 4. The fourth-order valence-electron chi connectivity index (χ4n) is 2.96. The van der Waals surface area contributed by atoms with Crippen LogP contribution in [0.4, 0.5) is 0 Å². The fourth-order valence-corrected chi connectivity index (χ4v) is 4.22. The molecule has 1 N–H and O–H groups in total. The summed E-state index contributed by atoms with van der Waals surface area (Å²) in [4.78, 5) is 2.54. The minimum Gasteiger partial charge on any atom is -0.497 e. The fraction of sp³-hybridized carbons (Fsp3) is 0.333. The minimum atomic E-state index is -3.50. The molecule has 0 aliphatic carbocycles. The molecule has 3 rings (SSSR count). The average molecular weight is 346 g/mol. The molecule has 1 heterocycles. The topological polar surface area (TPSA) is 58.6 Å². The molecule has 0 aromatic heterocycles. The predicted octanol–water partition coefficient (Wildman–Crippen LogP) is 2.25. The second-order valence-electron chi connectivity index (χ2n) is 6.00. The molecule has 6 heteroatoms. The quantitative estimate of drug-likeness (QED) is 0.872. The molecule has 0 amide bonds. The van der Waals surface area contributed by atoms with Crippen LogP contribution in [0.25, 0.3) is 0 Å². The Labute approximate surface area is 143 Å². The van der Waals surface area contributed by atoms with E-state index in [4.69, 9.17) is 4.74 Å². The molecular formula is C18H22N2O3S. The molecule has 1 aliphatic heterocycles. The lowest BCUT2D eigenvalue weighted by Gasteiger charge is -2.17. The van der Waals surface area contributed by atoms with Gasteiger partial charge in [-0.3, -0.25) is 4.90 Å². The lowest BCUT2D eigenvalue weighted by molar-refractivity contribution is 0.324. The number of methoxy groups -OCH3 is 1. The van der Waals surface area contributed by atoms with Crippen molar-refractivity contribution in [3.05, 3.63) is 60.2 Å². The summed E-state index contributed by atoms with van der Waals surface area (Å²) in [5, 5.41) is 0. The molecule has 1 fully saturated rings. The Kier molecular flexibility index (Phi) is 5.18. The zero-order valence-corrected chi connectivity index (χ0v) is 14.5. The zero-order chi connectivity index (χ0) is 17.0. The third kappa shape index (κ3) is 4.14. The molecule has 0 saturated carbocycles. The molecule has 128 valence electrons. The van der Waals surface area contributed by atoms with E-state index in [9.17, 15) is 8.42 Å². The van der Waals surface area contributed by atoms with Crippen LogP contribution < -0.4 is 9.46 Å². The van der Waals surface area contributed by atoms with E-state index in [-0.39, 0.29) is 10.9 Å². The molecule has 0 unspecified atom stereocenters. The van der Waals surface area contributed by atoms with Crippen LogP contribution in [0.1, 0.15) is 12.0 Å². The Bertz CT molecular complexity index is 761. The van der Waals surface area contributed by atoms with Crippen LogP contribution in [0, 0.1) is 0 Å². The second-order valence-corrected chi connectivity index (χ2v) is 7.72. The van der Waals surface area contributed by atoms with Gasteiger partial charge in [0, 0.05) is 25.7 Å². The summed E-state index contributed by atoms with van der Waals surface area (Å²) in [7, 11) is -1.94. The maximum Gasteiger partial charge on any atom is 0.240 e. The van der Waals surface area contributed by atoms with Crippen LogP contribution >= 0.6 is 0 Å². The number of ether oxygens (including phenoxy) is 1. The van der Waals surface area contributed by atoms with E-state index in [1.54, 1.807) is 31.4 Å². The lowest BCUT2D eigenvalue weighted by atomic mass is 10.2. The number of hydrogen-bond donors (Lipinski definition) is 1. The Hall–Kier alpha value is -1.89. The highest BCUT2D eigenvalue weighted by molar-refractivity contribution is 7.89. The van der Waals surface area contributed by atoms with Crippen molar-refractivity contribution < 1.29 is 13.2 Å². The van der Waals surface area contributed by atoms with Gasteiger partial charge in [-0.25, -0.2) is 13.1 Å². The summed E-state index contributed by atoms with van der Waals surface area (Å²) in [5.41, 5.74) is 1.25. The third-order valence-electron chi connectivity index (χ3n) is 4.21. The van der Waals surface area contributed by atoms with Gasteiger partial charge in [-0.1, -0.05) is 30.3 Å². The van der Waals surface area contributed by atoms with Crippen LogP contribution in [0.15, 0.2) is 59.5 Å². The van der Waals surface area contributed by atoms with Gasteiger partial charge in [0.25, 0.3) is 0 Å². The molecule has 2 aromatic carbocycles. The summed E-state index contributed by atoms with van der Waals surface area (Å²) >= 11 is 0. The first kappa shape index (κ1) is 17.0. The number of sulfonamides is 1. The van der Waals surface area contributed by atoms with Crippen LogP contribution in [0.2, 0.25) is 0 Å². The first-order valence-corrected chi connectivity index (χ1v) is 9.48. The van der Waals surface area contributed by atoms with Crippen molar-refractivity contribution in [2.45, 2.75) is 23.9 Å². The molecule has 24 heavy (non-hydrogen) atoms. The van der Waals surface area contributed by atoms with E-state index in [0.29, 0.717) is 5.75 Å². The number of benzene rings is 2. The van der Waals surface area contributed by atoms with Gasteiger partial charge in [-0.05, 0) is 36.2 Å². The van der Waals surface area contributed by atoms with Crippen molar-refractivity contribution in [3.8, 4) is 5.75 Å². The Morgan fingerprint density at radius 2 is 1.83 bits per heavy atom. The van der Waals surface area contributed by atoms with Crippen molar-refractivity contribution in [1.82, 2.24) is 9.62 Å². The maximum atomic E-state index is 12.5. The smallest absolute Gasteiger partial charge is 0.240 e.